The van der Waals surface area contributed by atoms with E-state index in [4.69, 9.17) is 5.84 Å². The highest BCUT2D eigenvalue weighted by atomic mass is 16.3. The van der Waals surface area contributed by atoms with Crippen molar-refractivity contribution < 1.29 is 5.11 Å². The van der Waals surface area contributed by atoms with Crippen molar-refractivity contribution in [2.24, 2.45) is 10.8 Å². The van der Waals surface area contributed by atoms with E-state index in [9.17, 15) is 5.11 Å². The first-order valence-corrected chi connectivity index (χ1v) is 6.47. The highest BCUT2D eigenvalue weighted by Crippen LogP contribution is 2.34. The molecule has 0 bridgehead atoms. The number of amidine groups is 1. The Balaban J connectivity index is 1.95. The number of nitrogens with zero attached hydrogens (tertiary/aromatic N) is 1. The van der Waals surface area contributed by atoms with E-state index in [0.29, 0.717) is 5.69 Å². The van der Waals surface area contributed by atoms with Gasteiger partial charge in [0.1, 0.15) is 11.6 Å². The van der Waals surface area contributed by atoms with Crippen molar-refractivity contribution in [1.82, 2.24) is 5.32 Å². The molecule has 0 fully saturated rings. The van der Waals surface area contributed by atoms with Crippen LogP contribution in [0.15, 0.2) is 47.5 Å². The third-order valence-electron chi connectivity index (χ3n) is 3.34. The van der Waals surface area contributed by atoms with Crippen LogP contribution in [0.2, 0.25) is 0 Å². The largest absolute Gasteiger partial charge is 0.505 e. The molecule has 0 atom stereocenters. The molecule has 0 saturated carbocycles. The van der Waals surface area contributed by atoms with E-state index < -0.39 is 0 Å². The van der Waals surface area contributed by atoms with Gasteiger partial charge in [0.05, 0.1) is 12.2 Å². The number of phenols is 1. The van der Waals surface area contributed by atoms with E-state index in [2.05, 4.69) is 15.7 Å². The number of aromatic hydroxyl groups is 1. The van der Waals surface area contributed by atoms with Gasteiger partial charge in [-0.1, -0.05) is 36.4 Å². The second-order valence-corrected chi connectivity index (χ2v) is 4.58. The summed E-state index contributed by atoms with van der Waals surface area (Å²) in [6, 6.07) is 13.4. The molecule has 2 aromatic rings. The Morgan fingerprint density at radius 3 is 2.50 bits per heavy atom. The fraction of sp³-hybridized carbons (Fsp3) is 0.133. The summed E-state index contributed by atoms with van der Waals surface area (Å²) in [4.78, 5) is 4.38. The molecule has 2 aromatic carbocycles. The first kappa shape index (κ1) is 12.5. The second-order valence-electron chi connectivity index (χ2n) is 4.58. The molecule has 1 aliphatic heterocycles. The Morgan fingerprint density at radius 2 is 1.85 bits per heavy atom. The number of nitrogens with two attached hydrogens (primary N) is 1. The number of benzene rings is 2. The van der Waals surface area contributed by atoms with Crippen LogP contribution < -0.4 is 16.6 Å². The standard InChI is InChI=1S/C15H16N4O/c16-19-13-3-1-2-12(14(13)20)10-4-6-11(7-5-10)15-17-8-9-18-15/h1-7,19-20H,8-9,16H2,(H,17,18). The van der Waals surface area contributed by atoms with Gasteiger partial charge >= 0.3 is 0 Å². The fourth-order valence-electron chi connectivity index (χ4n) is 2.29. The number of rotatable bonds is 3. The monoisotopic (exact) mass is 268 g/mol. The number of hydrogen-bond acceptors (Lipinski definition) is 5. The quantitative estimate of drug-likeness (QED) is 0.388. The third-order valence-corrected chi connectivity index (χ3v) is 3.34. The van der Waals surface area contributed by atoms with Crippen LogP contribution in [0, 0.1) is 0 Å². The molecule has 5 N–H and O–H groups in total. The lowest BCUT2D eigenvalue weighted by Gasteiger charge is -2.10. The van der Waals surface area contributed by atoms with E-state index in [1.165, 1.54) is 0 Å². The predicted molar refractivity (Wildman–Crippen MR) is 80.8 cm³/mol. The van der Waals surface area contributed by atoms with Crippen LogP contribution >= 0.6 is 0 Å². The van der Waals surface area contributed by atoms with Gasteiger partial charge < -0.3 is 15.8 Å². The molecule has 0 spiro atoms. The summed E-state index contributed by atoms with van der Waals surface area (Å²) in [6.07, 6.45) is 0. The van der Waals surface area contributed by atoms with Gasteiger partial charge in [0.15, 0.2) is 0 Å². The Morgan fingerprint density at radius 1 is 1.10 bits per heavy atom. The van der Waals surface area contributed by atoms with Crippen molar-refractivity contribution in [3.05, 3.63) is 48.0 Å². The van der Waals surface area contributed by atoms with Gasteiger partial charge in [0.2, 0.25) is 0 Å². The van der Waals surface area contributed by atoms with E-state index in [1.54, 1.807) is 6.07 Å². The molecule has 102 valence electrons. The Labute approximate surface area is 117 Å². The number of anilines is 1. The maximum atomic E-state index is 10.1. The summed E-state index contributed by atoms with van der Waals surface area (Å²) in [5.74, 6) is 6.45. The number of phenolic OH excluding ortho intramolecular Hbond substituents is 1. The van der Waals surface area contributed by atoms with Crippen LogP contribution in [0.4, 0.5) is 5.69 Å². The number of hydrazine groups is 1. The molecule has 0 saturated heterocycles. The maximum Gasteiger partial charge on any atom is 0.147 e. The Hall–Kier alpha value is -2.53. The summed E-state index contributed by atoms with van der Waals surface area (Å²) < 4.78 is 0. The maximum absolute atomic E-state index is 10.1. The Bertz CT molecular complexity index is 649. The highest BCUT2D eigenvalue weighted by molar-refractivity contribution is 6.00. The first-order chi connectivity index (χ1) is 9.79. The average Bonchev–Trinajstić information content (AvgIpc) is 3.02. The summed E-state index contributed by atoms with van der Waals surface area (Å²) in [6.45, 7) is 1.71. The summed E-state index contributed by atoms with van der Waals surface area (Å²) >= 11 is 0. The Kier molecular flexibility index (Phi) is 3.26. The fourth-order valence-corrected chi connectivity index (χ4v) is 2.29. The summed E-state index contributed by atoms with van der Waals surface area (Å²) in [5.41, 5.74) is 5.72. The first-order valence-electron chi connectivity index (χ1n) is 6.47. The lowest BCUT2D eigenvalue weighted by atomic mass is 10.0. The van der Waals surface area contributed by atoms with Gasteiger partial charge in [-0.3, -0.25) is 10.8 Å². The topological polar surface area (TPSA) is 82.7 Å². The van der Waals surface area contributed by atoms with Crippen molar-refractivity contribution in [1.29, 1.82) is 0 Å². The number of para-hydroxylation sites is 1. The van der Waals surface area contributed by atoms with Crippen molar-refractivity contribution in [3.8, 4) is 16.9 Å². The van der Waals surface area contributed by atoms with Gasteiger partial charge in [0.25, 0.3) is 0 Å². The number of nitrogens with one attached hydrogen (secondary N) is 2. The van der Waals surface area contributed by atoms with Crippen LogP contribution in [-0.2, 0) is 0 Å². The molecule has 0 unspecified atom stereocenters. The predicted octanol–water partition coefficient (Wildman–Crippen LogP) is 1.69. The third kappa shape index (κ3) is 2.19. The van der Waals surface area contributed by atoms with Crippen LogP contribution in [0.1, 0.15) is 5.56 Å². The summed E-state index contributed by atoms with van der Waals surface area (Å²) in [7, 11) is 0. The van der Waals surface area contributed by atoms with Crippen molar-refractivity contribution in [3.63, 3.8) is 0 Å². The molecule has 1 aliphatic rings. The SMILES string of the molecule is NNc1cccc(-c2ccc(C3=NCCN3)cc2)c1O. The number of hydrogen-bond donors (Lipinski definition) is 4. The minimum absolute atomic E-state index is 0.152. The van der Waals surface area contributed by atoms with Crippen LogP contribution in [0.25, 0.3) is 11.1 Å². The van der Waals surface area contributed by atoms with E-state index in [-0.39, 0.29) is 5.75 Å². The molecular weight excluding hydrogens is 252 g/mol. The molecule has 20 heavy (non-hydrogen) atoms. The summed E-state index contributed by atoms with van der Waals surface area (Å²) in [5, 5.41) is 13.4. The molecule has 0 aromatic heterocycles. The van der Waals surface area contributed by atoms with Gasteiger partial charge in [-0.05, 0) is 11.6 Å². The number of nitrogen functional groups attached to an aromatic ring is 1. The number of aliphatic imine (C=N–C) groups is 1. The van der Waals surface area contributed by atoms with Gasteiger partial charge in [-0.25, -0.2) is 0 Å². The average molecular weight is 268 g/mol. The molecule has 5 heteroatoms. The molecule has 0 aliphatic carbocycles. The second kappa shape index (κ2) is 5.22. The molecule has 3 rings (SSSR count). The highest BCUT2D eigenvalue weighted by Gasteiger charge is 2.10. The zero-order chi connectivity index (χ0) is 13.9. The van der Waals surface area contributed by atoms with Gasteiger partial charge in [-0.15, -0.1) is 0 Å². The smallest absolute Gasteiger partial charge is 0.147 e. The van der Waals surface area contributed by atoms with Gasteiger partial charge in [-0.2, -0.15) is 0 Å². The van der Waals surface area contributed by atoms with Crippen molar-refractivity contribution in [2.75, 3.05) is 18.5 Å². The van der Waals surface area contributed by atoms with Gasteiger partial charge in [0, 0.05) is 17.7 Å². The molecule has 1 heterocycles. The van der Waals surface area contributed by atoms with E-state index in [1.807, 2.05) is 36.4 Å². The van der Waals surface area contributed by atoms with E-state index in [0.717, 1.165) is 35.6 Å². The zero-order valence-electron chi connectivity index (χ0n) is 10.9. The van der Waals surface area contributed by atoms with Crippen LogP contribution in [0.5, 0.6) is 5.75 Å². The lowest BCUT2D eigenvalue weighted by Crippen LogP contribution is -2.19. The molecule has 0 radical (unpaired) electrons. The minimum Gasteiger partial charge on any atom is -0.505 e. The zero-order valence-corrected chi connectivity index (χ0v) is 10.9. The van der Waals surface area contributed by atoms with Crippen LogP contribution in [0.3, 0.4) is 0 Å². The molecule has 0 amide bonds. The molecular formula is C15H16N4O. The molecule has 5 nitrogen and oxygen atoms in total. The van der Waals surface area contributed by atoms with Crippen molar-refractivity contribution in [2.45, 2.75) is 0 Å². The normalized spacial score (nSPS) is 13.8. The van der Waals surface area contributed by atoms with E-state index >= 15 is 0 Å². The minimum atomic E-state index is 0.152. The lowest BCUT2D eigenvalue weighted by molar-refractivity contribution is 0.479. The van der Waals surface area contributed by atoms with Crippen molar-refractivity contribution >= 4 is 11.5 Å². The van der Waals surface area contributed by atoms with Crippen LogP contribution in [-0.4, -0.2) is 24.0 Å².